The SMILES string of the molecule is CCn1nccc1C(=O)N[C@H](C(=O)Nc1ccc([C@H](C)C(=O)N2CCC[C@@H]2C(F)(F)F)cc1F)C(=C1CC1)C1CC1. The number of nitrogens with one attached hydrogen (secondary N) is 2. The highest BCUT2D eigenvalue weighted by Crippen LogP contribution is 2.46. The number of amides is 3. The summed E-state index contributed by atoms with van der Waals surface area (Å²) in [7, 11) is 0. The second-order valence-corrected chi connectivity index (χ2v) is 11.0. The van der Waals surface area contributed by atoms with Crippen molar-refractivity contribution < 1.29 is 31.9 Å². The van der Waals surface area contributed by atoms with E-state index in [1.165, 1.54) is 29.9 Å². The Morgan fingerprint density at radius 3 is 2.46 bits per heavy atom. The summed E-state index contributed by atoms with van der Waals surface area (Å²) < 4.78 is 56.9. The Morgan fingerprint density at radius 1 is 1.12 bits per heavy atom. The first-order valence-electron chi connectivity index (χ1n) is 14.0. The van der Waals surface area contributed by atoms with Crippen molar-refractivity contribution in [2.45, 2.75) is 83.1 Å². The lowest BCUT2D eigenvalue weighted by Crippen LogP contribution is -2.46. The van der Waals surface area contributed by atoms with Crippen molar-refractivity contribution in [3.63, 3.8) is 0 Å². The van der Waals surface area contributed by atoms with Gasteiger partial charge < -0.3 is 15.5 Å². The lowest BCUT2D eigenvalue weighted by molar-refractivity contribution is -0.183. The van der Waals surface area contributed by atoms with Crippen molar-refractivity contribution >= 4 is 23.4 Å². The van der Waals surface area contributed by atoms with Crippen molar-refractivity contribution in [2.24, 2.45) is 5.92 Å². The van der Waals surface area contributed by atoms with Gasteiger partial charge in [-0.1, -0.05) is 11.6 Å². The Labute approximate surface area is 235 Å². The maximum Gasteiger partial charge on any atom is 0.408 e. The van der Waals surface area contributed by atoms with Crippen LogP contribution in [-0.2, 0) is 16.1 Å². The molecule has 0 spiro atoms. The first-order valence-corrected chi connectivity index (χ1v) is 14.0. The normalized spacial score (nSPS) is 20.0. The number of anilines is 1. The average Bonchev–Trinajstić information content (AvgIpc) is 3.85. The molecular weight excluding hydrogens is 542 g/mol. The van der Waals surface area contributed by atoms with Gasteiger partial charge in [0, 0.05) is 19.3 Å². The largest absolute Gasteiger partial charge is 0.408 e. The van der Waals surface area contributed by atoms with Gasteiger partial charge in [0.05, 0.1) is 11.6 Å². The van der Waals surface area contributed by atoms with Gasteiger partial charge in [0.15, 0.2) is 0 Å². The van der Waals surface area contributed by atoms with E-state index in [4.69, 9.17) is 0 Å². The van der Waals surface area contributed by atoms with E-state index in [9.17, 15) is 27.6 Å². The van der Waals surface area contributed by atoms with Gasteiger partial charge in [0.1, 0.15) is 23.6 Å². The van der Waals surface area contributed by atoms with Crippen molar-refractivity contribution in [1.82, 2.24) is 20.0 Å². The molecule has 220 valence electrons. The summed E-state index contributed by atoms with van der Waals surface area (Å²) in [6.45, 7) is 3.75. The molecule has 2 N–H and O–H groups in total. The van der Waals surface area contributed by atoms with Crippen LogP contribution in [0.3, 0.4) is 0 Å². The fourth-order valence-electron chi connectivity index (χ4n) is 5.61. The number of carbonyl (C=O) groups is 3. The molecule has 41 heavy (non-hydrogen) atoms. The number of benzene rings is 1. The molecule has 3 aliphatic rings. The molecule has 2 aromatic rings. The molecule has 0 radical (unpaired) electrons. The second kappa shape index (κ2) is 11.3. The van der Waals surface area contributed by atoms with Crippen LogP contribution in [0.2, 0.25) is 0 Å². The first kappa shape index (κ1) is 28.8. The molecule has 1 aromatic heterocycles. The lowest BCUT2D eigenvalue weighted by Gasteiger charge is -2.29. The molecule has 5 rings (SSSR count). The summed E-state index contributed by atoms with van der Waals surface area (Å²) in [4.78, 5) is 40.4. The minimum absolute atomic E-state index is 0.00500. The third-order valence-electron chi connectivity index (χ3n) is 8.06. The highest BCUT2D eigenvalue weighted by molar-refractivity contribution is 6.02. The zero-order valence-corrected chi connectivity index (χ0v) is 22.9. The number of rotatable bonds is 9. The van der Waals surface area contributed by atoms with E-state index >= 15 is 4.39 Å². The lowest BCUT2D eigenvalue weighted by atomic mass is 9.97. The molecule has 0 unspecified atom stereocenters. The zero-order chi connectivity index (χ0) is 29.5. The molecule has 1 aromatic carbocycles. The predicted octanol–water partition coefficient (Wildman–Crippen LogP) is 4.94. The van der Waals surface area contributed by atoms with E-state index in [0.29, 0.717) is 12.2 Å². The number of hydrogen-bond donors (Lipinski definition) is 2. The molecule has 1 saturated heterocycles. The van der Waals surface area contributed by atoms with E-state index in [0.717, 1.165) is 47.8 Å². The standard InChI is InChI=1S/C29H33F4N5O3/c1-3-38-22(12-13-34-38)26(39)36-25(24(17-6-7-17)18-8-9-18)27(40)35-21-11-10-19(15-20(21)30)16(2)28(41)37-14-4-5-23(37)29(31,32)33/h10-13,15-17,23,25H,3-9,14H2,1-2H3,(H,35,40)(H,36,39)/t16-,23+,25-/m0/s1. The van der Waals surface area contributed by atoms with Gasteiger partial charge in [-0.2, -0.15) is 18.3 Å². The maximum atomic E-state index is 15.2. The van der Waals surface area contributed by atoms with E-state index in [1.807, 2.05) is 6.92 Å². The molecule has 2 aliphatic carbocycles. The molecule has 3 fully saturated rings. The van der Waals surface area contributed by atoms with Gasteiger partial charge in [0.25, 0.3) is 11.8 Å². The quantitative estimate of drug-likeness (QED) is 0.327. The number of aromatic nitrogens is 2. The topological polar surface area (TPSA) is 96.3 Å². The van der Waals surface area contributed by atoms with E-state index in [2.05, 4.69) is 15.7 Å². The maximum absolute atomic E-state index is 15.2. The van der Waals surface area contributed by atoms with Crippen LogP contribution < -0.4 is 10.6 Å². The summed E-state index contributed by atoms with van der Waals surface area (Å²) >= 11 is 0. The Hall–Kier alpha value is -3.70. The molecule has 2 heterocycles. The van der Waals surface area contributed by atoms with Crippen LogP contribution in [0.15, 0.2) is 41.6 Å². The van der Waals surface area contributed by atoms with Gasteiger partial charge >= 0.3 is 6.18 Å². The van der Waals surface area contributed by atoms with Gasteiger partial charge in [-0.05, 0) is 87.6 Å². The summed E-state index contributed by atoms with van der Waals surface area (Å²) in [5.41, 5.74) is 2.36. The summed E-state index contributed by atoms with van der Waals surface area (Å²) in [6, 6.07) is 2.50. The van der Waals surface area contributed by atoms with Gasteiger partial charge in [-0.25, -0.2) is 4.39 Å². The molecule has 0 bridgehead atoms. The molecule has 1 aliphatic heterocycles. The van der Waals surface area contributed by atoms with Crippen molar-refractivity contribution in [3.8, 4) is 0 Å². The van der Waals surface area contributed by atoms with E-state index in [-0.39, 0.29) is 36.6 Å². The van der Waals surface area contributed by atoms with Crippen molar-refractivity contribution in [1.29, 1.82) is 0 Å². The van der Waals surface area contributed by atoms with Crippen molar-refractivity contribution in [2.75, 3.05) is 11.9 Å². The Balaban J connectivity index is 1.33. The minimum Gasteiger partial charge on any atom is -0.335 e. The number of hydrogen-bond acceptors (Lipinski definition) is 4. The predicted molar refractivity (Wildman–Crippen MR) is 142 cm³/mol. The number of aryl methyl sites for hydroxylation is 1. The van der Waals surface area contributed by atoms with Gasteiger partial charge in [0.2, 0.25) is 5.91 Å². The molecule has 12 heteroatoms. The van der Waals surface area contributed by atoms with Crippen LogP contribution in [0.5, 0.6) is 0 Å². The Morgan fingerprint density at radius 2 is 1.85 bits per heavy atom. The molecule has 3 atom stereocenters. The zero-order valence-electron chi connectivity index (χ0n) is 22.9. The first-order chi connectivity index (χ1) is 19.5. The van der Waals surface area contributed by atoms with E-state index < -0.39 is 47.7 Å². The van der Waals surface area contributed by atoms with Crippen LogP contribution >= 0.6 is 0 Å². The Bertz CT molecular complexity index is 1370. The average molecular weight is 576 g/mol. The number of nitrogens with zero attached hydrogens (tertiary/aromatic N) is 3. The van der Waals surface area contributed by atoms with Gasteiger partial charge in [-0.3, -0.25) is 19.1 Å². The third-order valence-corrected chi connectivity index (χ3v) is 8.06. The summed E-state index contributed by atoms with van der Waals surface area (Å²) in [5.74, 6) is -3.43. The molecular formula is C29H33F4N5O3. The number of halogens is 4. The highest BCUT2D eigenvalue weighted by Gasteiger charge is 2.48. The summed E-state index contributed by atoms with van der Waals surface area (Å²) in [5, 5.41) is 9.53. The fraction of sp³-hybridized carbons (Fsp3) is 0.517. The number of likely N-dealkylation sites (tertiary alicyclic amines) is 1. The van der Waals surface area contributed by atoms with Crippen LogP contribution in [0.25, 0.3) is 0 Å². The van der Waals surface area contributed by atoms with Crippen LogP contribution in [0.4, 0.5) is 23.2 Å². The van der Waals surface area contributed by atoms with Crippen molar-refractivity contribution in [3.05, 3.63) is 58.7 Å². The molecule has 2 saturated carbocycles. The number of allylic oxidation sites excluding steroid dienone is 1. The second-order valence-electron chi connectivity index (χ2n) is 11.0. The van der Waals surface area contributed by atoms with Crippen LogP contribution in [-0.4, -0.2) is 57.2 Å². The molecule has 8 nitrogen and oxygen atoms in total. The smallest absolute Gasteiger partial charge is 0.335 e. The highest BCUT2D eigenvalue weighted by atomic mass is 19.4. The van der Waals surface area contributed by atoms with Crippen LogP contribution in [0, 0.1) is 11.7 Å². The summed E-state index contributed by atoms with van der Waals surface area (Å²) in [6.07, 6.45) is 0.587. The third kappa shape index (κ3) is 6.15. The fourth-order valence-corrected chi connectivity index (χ4v) is 5.61. The molecule has 3 amide bonds. The Kier molecular flexibility index (Phi) is 7.93. The van der Waals surface area contributed by atoms with E-state index in [1.54, 1.807) is 6.07 Å². The van der Waals surface area contributed by atoms with Crippen LogP contribution in [0.1, 0.15) is 74.3 Å². The monoisotopic (exact) mass is 575 g/mol. The number of alkyl halides is 3. The van der Waals surface area contributed by atoms with Gasteiger partial charge in [-0.15, -0.1) is 0 Å². The minimum atomic E-state index is -4.53. The number of carbonyl (C=O) groups excluding carboxylic acids is 3.